The zero-order valence-corrected chi connectivity index (χ0v) is 11.2. The minimum absolute atomic E-state index is 0.0544. The number of hydrogen-bond acceptors (Lipinski definition) is 5. The molecule has 5 nitrogen and oxygen atoms in total. The van der Waals surface area contributed by atoms with Crippen molar-refractivity contribution >= 4 is 0 Å². The van der Waals surface area contributed by atoms with Gasteiger partial charge in [0.1, 0.15) is 17.7 Å². The molecular weight excluding hydrogens is 261 g/mol. The van der Waals surface area contributed by atoms with Crippen molar-refractivity contribution in [2.45, 2.75) is 25.9 Å². The number of ether oxygens (including phenoxy) is 1. The summed E-state index contributed by atoms with van der Waals surface area (Å²) in [7, 11) is 0. The van der Waals surface area contributed by atoms with Crippen molar-refractivity contribution in [2.24, 2.45) is 0 Å². The van der Waals surface area contributed by atoms with Crippen LogP contribution in [0.5, 0.6) is 5.75 Å². The predicted octanol–water partition coefficient (Wildman–Crippen LogP) is 1.65. The van der Waals surface area contributed by atoms with Gasteiger partial charge in [0.25, 0.3) is 0 Å². The van der Waals surface area contributed by atoms with E-state index in [1.54, 1.807) is 13.0 Å². The third kappa shape index (κ3) is 2.96. The lowest BCUT2D eigenvalue weighted by atomic mass is 10.1. The third-order valence-corrected chi connectivity index (χ3v) is 3.23. The summed E-state index contributed by atoms with van der Waals surface area (Å²) in [5, 5.41) is 7.12. The van der Waals surface area contributed by atoms with Gasteiger partial charge >= 0.3 is 0 Å². The van der Waals surface area contributed by atoms with Gasteiger partial charge in [0.15, 0.2) is 5.82 Å². The number of aryl methyl sites for hydroxylation is 1. The van der Waals surface area contributed by atoms with E-state index in [2.05, 4.69) is 15.5 Å². The van der Waals surface area contributed by atoms with Crippen molar-refractivity contribution in [1.82, 2.24) is 15.5 Å². The first-order valence-corrected chi connectivity index (χ1v) is 6.66. The summed E-state index contributed by atoms with van der Waals surface area (Å²) >= 11 is 0. The van der Waals surface area contributed by atoms with Crippen LogP contribution >= 0.6 is 0 Å². The zero-order valence-electron chi connectivity index (χ0n) is 11.2. The van der Waals surface area contributed by atoms with Crippen LogP contribution < -0.4 is 10.1 Å². The van der Waals surface area contributed by atoms with E-state index in [1.807, 2.05) is 0 Å². The maximum Gasteiger partial charge on any atom is 0.223 e. The molecule has 0 aliphatic carbocycles. The smallest absolute Gasteiger partial charge is 0.223 e. The molecule has 0 saturated heterocycles. The van der Waals surface area contributed by atoms with Gasteiger partial charge < -0.3 is 14.6 Å². The first-order valence-electron chi connectivity index (χ1n) is 6.66. The van der Waals surface area contributed by atoms with Gasteiger partial charge in [0.05, 0.1) is 0 Å². The molecule has 1 aliphatic heterocycles. The summed E-state index contributed by atoms with van der Waals surface area (Å²) in [5.74, 6) is 1.85. The minimum Gasteiger partial charge on any atom is -0.488 e. The van der Waals surface area contributed by atoms with E-state index in [0.717, 1.165) is 24.3 Å². The normalized spacial score (nSPS) is 17.0. The maximum absolute atomic E-state index is 13.1. The van der Waals surface area contributed by atoms with Gasteiger partial charge in [-0.15, -0.1) is 0 Å². The number of nitrogens with one attached hydrogen (secondary N) is 1. The Labute approximate surface area is 116 Å². The molecule has 0 amide bonds. The van der Waals surface area contributed by atoms with Gasteiger partial charge in [0, 0.05) is 38.4 Å². The summed E-state index contributed by atoms with van der Waals surface area (Å²) in [4.78, 5) is 4.13. The van der Waals surface area contributed by atoms with Crippen LogP contribution in [-0.4, -0.2) is 29.3 Å². The fraction of sp³-hybridized carbons (Fsp3) is 0.429. The van der Waals surface area contributed by atoms with Gasteiger partial charge in [-0.25, -0.2) is 4.39 Å². The Bertz CT molecular complexity index is 600. The summed E-state index contributed by atoms with van der Waals surface area (Å²) in [6, 6.07) is 4.65. The molecule has 1 unspecified atom stereocenters. The molecule has 106 valence electrons. The fourth-order valence-corrected chi connectivity index (χ4v) is 2.31. The molecule has 0 bridgehead atoms. The Balaban J connectivity index is 1.42. The average Bonchev–Trinajstić information content (AvgIpc) is 3.00. The van der Waals surface area contributed by atoms with Crippen molar-refractivity contribution in [3.8, 4) is 5.75 Å². The monoisotopic (exact) mass is 277 g/mol. The maximum atomic E-state index is 13.1. The molecule has 1 aromatic carbocycles. The zero-order chi connectivity index (χ0) is 13.9. The average molecular weight is 277 g/mol. The first-order chi connectivity index (χ1) is 9.70. The molecule has 3 rings (SSSR count). The Hall–Kier alpha value is -1.95. The topological polar surface area (TPSA) is 60.2 Å². The van der Waals surface area contributed by atoms with Crippen LogP contribution in [0.4, 0.5) is 4.39 Å². The number of fused-ring (bicyclic) bond motifs is 1. The lowest BCUT2D eigenvalue weighted by molar-refractivity contribution is 0.228. The summed E-state index contributed by atoms with van der Waals surface area (Å²) in [5.41, 5.74) is 0.936. The summed E-state index contributed by atoms with van der Waals surface area (Å²) in [6.07, 6.45) is 1.51. The summed E-state index contributed by atoms with van der Waals surface area (Å²) < 4.78 is 23.7. The number of halogens is 1. The van der Waals surface area contributed by atoms with E-state index in [4.69, 9.17) is 9.26 Å². The van der Waals surface area contributed by atoms with Gasteiger partial charge in [-0.3, -0.25) is 0 Å². The van der Waals surface area contributed by atoms with Crippen molar-refractivity contribution in [3.05, 3.63) is 41.3 Å². The van der Waals surface area contributed by atoms with Crippen molar-refractivity contribution in [1.29, 1.82) is 0 Å². The molecular formula is C14H16FN3O2. The van der Waals surface area contributed by atoms with Crippen LogP contribution in [0, 0.1) is 12.7 Å². The standard InChI is InChI=1S/C14H16FN3O2/c1-9-17-14(18-20-9)4-5-16-8-12-7-10-6-11(15)2-3-13(10)19-12/h2-3,6,12,16H,4-5,7-8H2,1H3. The molecule has 6 heteroatoms. The molecule has 1 aromatic heterocycles. The number of aromatic nitrogens is 2. The van der Waals surface area contributed by atoms with E-state index in [1.165, 1.54) is 12.1 Å². The highest BCUT2D eigenvalue weighted by atomic mass is 19.1. The quantitative estimate of drug-likeness (QED) is 0.842. The van der Waals surface area contributed by atoms with Gasteiger partial charge in [0.2, 0.25) is 5.89 Å². The fourth-order valence-electron chi connectivity index (χ4n) is 2.31. The molecule has 2 heterocycles. The highest BCUT2D eigenvalue weighted by molar-refractivity contribution is 5.37. The highest BCUT2D eigenvalue weighted by Gasteiger charge is 2.22. The van der Waals surface area contributed by atoms with E-state index in [0.29, 0.717) is 24.7 Å². The van der Waals surface area contributed by atoms with Gasteiger partial charge in [-0.05, 0) is 18.2 Å². The van der Waals surface area contributed by atoms with Crippen LogP contribution in [0.2, 0.25) is 0 Å². The number of nitrogens with zero attached hydrogens (tertiary/aromatic N) is 2. The number of rotatable bonds is 5. The second-order valence-corrected chi connectivity index (χ2v) is 4.88. The van der Waals surface area contributed by atoms with E-state index in [-0.39, 0.29) is 11.9 Å². The summed E-state index contributed by atoms with van der Waals surface area (Å²) in [6.45, 7) is 3.24. The SMILES string of the molecule is Cc1nc(CCNCC2Cc3cc(F)ccc3O2)no1. The second-order valence-electron chi connectivity index (χ2n) is 4.88. The molecule has 0 saturated carbocycles. The van der Waals surface area contributed by atoms with Crippen molar-refractivity contribution in [2.75, 3.05) is 13.1 Å². The molecule has 1 aliphatic rings. The molecule has 0 radical (unpaired) electrons. The van der Waals surface area contributed by atoms with Crippen LogP contribution in [0.15, 0.2) is 22.7 Å². The molecule has 1 atom stereocenters. The highest BCUT2D eigenvalue weighted by Crippen LogP contribution is 2.28. The lowest BCUT2D eigenvalue weighted by Crippen LogP contribution is -2.31. The van der Waals surface area contributed by atoms with Gasteiger partial charge in [-0.2, -0.15) is 4.98 Å². The number of hydrogen-bond donors (Lipinski definition) is 1. The predicted molar refractivity (Wildman–Crippen MR) is 70.1 cm³/mol. The van der Waals surface area contributed by atoms with Crippen LogP contribution in [0.3, 0.4) is 0 Å². The lowest BCUT2D eigenvalue weighted by Gasteiger charge is -2.11. The second kappa shape index (κ2) is 5.58. The Kier molecular flexibility index (Phi) is 3.64. The third-order valence-electron chi connectivity index (χ3n) is 3.23. The minimum atomic E-state index is -0.214. The van der Waals surface area contributed by atoms with Gasteiger partial charge in [-0.1, -0.05) is 5.16 Å². The molecule has 1 N–H and O–H groups in total. The molecule has 0 spiro atoms. The van der Waals surface area contributed by atoms with Crippen molar-refractivity contribution in [3.63, 3.8) is 0 Å². The van der Waals surface area contributed by atoms with Crippen LogP contribution in [0.1, 0.15) is 17.3 Å². The molecule has 2 aromatic rings. The Morgan fingerprint density at radius 3 is 3.15 bits per heavy atom. The van der Waals surface area contributed by atoms with Crippen LogP contribution in [0.25, 0.3) is 0 Å². The largest absolute Gasteiger partial charge is 0.488 e. The van der Waals surface area contributed by atoms with E-state index < -0.39 is 0 Å². The number of benzene rings is 1. The Morgan fingerprint density at radius 2 is 2.35 bits per heavy atom. The molecule has 0 fully saturated rings. The van der Waals surface area contributed by atoms with Crippen molar-refractivity contribution < 1.29 is 13.7 Å². The first kappa shape index (κ1) is 13.1. The van der Waals surface area contributed by atoms with E-state index >= 15 is 0 Å². The Morgan fingerprint density at radius 1 is 1.45 bits per heavy atom. The van der Waals surface area contributed by atoms with E-state index in [9.17, 15) is 4.39 Å². The van der Waals surface area contributed by atoms with Crippen LogP contribution in [-0.2, 0) is 12.8 Å². The molecule has 20 heavy (non-hydrogen) atoms.